The molecule has 0 bridgehead atoms. The molecule has 2 nitrogen and oxygen atoms in total. The second kappa shape index (κ2) is 2.17. The van der Waals surface area contributed by atoms with E-state index in [0.717, 1.165) is 6.42 Å². The van der Waals surface area contributed by atoms with E-state index in [1.165, 1.54) is 11.1 Å². The zero-order valence-corrected chi connectivity index (χ0v) is 8.31. The zero-order valence-electron chi connectivity index (χ0n) is 8.31. The summed E-state index contributed by atoms with van der Waals surface area (Å²) in [6.45, 7) is 6.42. The van der Waals surface area contributed by atoms with Gasteiger partial charge in [0.25, 0.3) is 0 Å². The molecule has 0 saturated carbocycles. The maximum absolute atomic E-state index is 9.16. The number of aromatic nitrogens is 1. The van der Waals surface area contributed by atoms with E-state index in [0.29, 0.717) is 0 Å². The topological polar surface area (TPSA) is 39.6 Å². The molecule has 1 aromatic heterocycles. The number of hydrogen-bond acceptors (Lipinski definition) is 1. The number of nitriles is 1. The standard InChI is InChI=1S/C11H14N2/c1-10(2)6-11(3,7-12)9-5-13-4-8(9)10/h4-5,13H,6H2,1-3H3. The Morgan fingerprint density at radius 2 is 1.92 bits per heavy atom. The van der Waals surface area contributed by atoms with Crippen LogP contribution in [0, 0.1) is 11.3 Å². The van der Waals surface area contributed by atoms with Gasteiger partial charge in [0.15, 0.2) is 0 Å². The summed E-state index contributed by atoms with van der Waals surface area (Å²) in [5.74, 6) is 0. The third-order valence-corrected chi connectivity index (χ3v) is 3.11. The number of rotatable bonds is 0. The maximum atomic E-state index is 9.16. The molecule has 1 N–H and O–H groups in total. The molecule has 1 aliphatic rings. The normalized spacial score (nSPS) is 29.7. The summed E-state index contributed by atoms with van der Waals surface area (Å²) >= 11 is 0. The summed E-state index contributed by atoms with van der Waals surface area (Å²) in [6, 6.07) is 2.42. The lowest BCUT2D eigenvalue weighted by molar-refractivity contribution is 0.438. The largest absolute Gasteiger partial charge is 0.367 e. The highest BCUT2D eigenvalue weighted by Gasteiger charge is 2.45. The summed E-state index contributed by atoms with van der Waals surface area (Å²) in [5, 5.41) is 9.16. The molecule has 2 rings (SSSR count). The van der Waals surface area contributed by atoms with Crippen LogP contribution >= 0.6 is 0 Å². The first kappa shape index (κ1) is 8.37. The Morgan fingerprint density at radius 3 is 2.54 bits per heavy atom. The summed E-state index contributed by atoms with van der Waals surface area (Å²) in [7, 11) is 0. The third kappa shape index (κ3) is 0.935. The molecule has 2 heteroatoms. The van der Waals surface area contributed by atoms with E-state index in [1.54, 1.807) is 0 Å². The number of nitrogens with zero attached hydrogens (tertiary/aromatic N) is 1. The Bertz CT molecular complexity index is 381. The molecule has 1 unspecified atom stereocenters. The highest BCUT2D eigenvalue weighted by molar-refractivity contribution is 5.47. The lowest BCUT2D eigenvalue weighted by Crippen LogP contribution is -2.20. The minimum atomic E-state index is -0.293. The Kier molecular flexibility index (Phi) is 1.40. The van der Waals surface area contributed by atoms with Gasteiger partial charge in [0.1, 0.15) is 0 Å². The van der Waals surface area contributed by atoms with Gasteiger partial charge in [0, 0.05) is 12.4 Å². The molecule has 0 aliphatic heterocycles. The van der Waals surface area contributed by atoms with Gasteiger partial charge in [-0.15, -0.1) is 0 Å². The average Bonchev–Trinajstić information content (AvgIpc) is 2.56. The minimum Gasteiger partial charge on any atom is -0.367 e. The van der Waals surface area contributed by atoms with E-state index < -0.39 is 0 Å². The molecule has 1 heterocycles. The fourth-order valence-corrected chi connectivity index (χ4v) is 2.55. The van der Waals surface area contributed by atoms with Crippen molar-refractivity contribution >= 4 is 0 Å². The predicted molar refractivity (Wildman–Crippen MR) is 51.4 cm³/mol. The Balaban J connectivity index is 2.63. The van der Waals surface area contributed by atoms with E-state index >= 15 is 0 Å². The van der Waals surface area contributed by atoms with Crippen LogP contribution in [0.2, 0.25) is 0 Å². The van der Waals surface area contributed by atoms with Crippen molar-refractivity contribution in [3.05, 3.63) is 23.5 Å². The lowest BCUT2D eigenvalue weighted by Gasteiger charge is -2.20. The second-order valence-corrected chi connectivity index (χ2v) is 4.79. The fourth-order valence-electron chi connectivity index (χ4n) is 2.55. The van der Waals surface area contributed by atoms with Gasteiger partial charge in [-0.25, -0.2) is 0 Å². The van der Waals surface area contributed by atoms with Crippen LogP contribution in [0.1, 0.15) is 38.3 Å². The molecule has 68 valence electrons. The van der Waals surface area contributed by atoms with Crippen LogP contribution < -0.4 is 0 Å². The van der Waals surface area contributed by atoms with Gasteiger partial charge in [0.05, 0.1) is 11.5 Å². The first-order chi connectivity index (χ1) is 5.99. The summed E-state index contributed by atoms with van der Waals surface area (Å²) in [6.07, 6.45) is 4.92. The first-order valence-corrected chi connectivity index (χ1v) is 4.59. The van der Waals surface area contributed by atoms with Gasteiger partial charge in [-0.3, -0.25) is 0 Å². The molecule has 0 spiro atoms. The highest BCUT2D eigenvalue weighted by Crippen LogP contribution is 2.48. The lowest BCUT2D eigenvalue weighted by atomic mass is 9.81. The number of H-pyrrole nitrogens is 1. The summed E-state index contributed by atoms with van der Waals surface area (Å²) in [4.78, 5) is 3.09. The summed E-state index contributed by atoms with van der Waals surface area (Å²) < 4.78 is 0. The smallest absolute Gasteiger partial charge is 0.0820 e. The molecule has 0 amide bonds. The van der Waals surface area contributed by atoms with Crippen molar-refractivity contribution in [2.45, 2.75) is 38.0 Å². The summed E-state index contributed by atoms with van der Waals surface area (Å²) in [5.41, 5.74) is 2.33. The average molecular weight is 174 g/mol. The van der Waals surface area contributed by atoms with Crippen molar-refractivity contribution in [2.75, 3.05) is 0 Å². The van der Waals surface area contributed by atoms with E-state index in [9.17, 15) is 0 Å². The number of fused-ring (bicyclic) bond motifs is 1. The fraction of sp³-hybridized carbons (Fsp3) is 0.545. The number of aromatic amines is 1. The van der Waals surface area contributed by atoms with Gasteiger partial charge < -0.3 is 4.98 Å². The van der Waals surface area contributed by atoms with Crippen LogP contribution in [0.15, 0.2) is 12.4 Å². The van der Waals surface area contributed by atoms with Crippen molar-refractivity contribution < 1.29 is 0 Å². The van der Waals surface area contributed by atoms with Crippen LogP contribution in [0.3, 0.4) is 0 Å². The van der Waals surface area contributed by atoms with Crippen LogP contribution in [-0.2, 0) is 10.8 Å². The van der Waals surface area contributed by atoms with Crippen molar-refractivity contribution in [2.24, 2.45) is 0 Å². The van der Waals surface area contributed by atoms with E-state index in [4.69, 9.17) is 5.26 Å². The minimum absolute atomic E-state index is 0.139. The number of nitrogens with one attached hydrogen (secondary N) is 1. The van der Waals surface area contributed by atoms with Crippen molar-refractivity contribution in [3.63, 3.8) is 0 Å². The van der Waals surface area contributed by atoms with E-state index in [2.05, 4.69) is 24.9 Å². The van der Waals surface area contributed by atoms with Gasteiger partial charge in [0.2, 0.25) is 0 Å². The van der Waals surface area contributed by atoms with Crippen LogP contribution in [-0.4, -0.2) is 4.98 Å². The van der Waals surface area contributed by atoms with Crippen LogP contribution in [0.5, 0.6) is 0 Å². The van der Waals surface area contributed by atoms with Crippen molar-refractivity contribution in [3.8, 4) is 6.07 Å². The Labute approximate surface area is 78.6 Å². The quantitative estimate of drug-likeness (QED) is 0.644. The molecule has 0 saturated heterocycles. The Morgan fingerprint density at radius 1 is 1.31 bits per heavy atom. The molecule has 0 fully saturated rings. The molecular weight excluding hydrogens is 160 g/mol. The number of hydrogen-bond donors (Lipinski definition) is 1. The third-order valence-electron chi connectivity index (χ3n) is 3.11. The van der Waals surface area contributed by atoms with Gasteiger partial charge in [-0.05, 0) is 29.9 Å². The molecule has 13 heavy (non-hydrogen) atoms. The van der Waals surface area contributed by atoms with Gasteiger partial charge >= 0.3 is 0 Å². The van der Waals surface area contributed by atoms with E-state index in [1.807, 2.05) is 19.3 Å². The highest BCUT2D eigenvalue weighted by atomic mass is 14.7. The second-order valence-electron chi connectivity index (χ2n) is 4.79. The molecule has 0 radical (unpaired) electrons. The molecule has 1 aliphatic carbocycles. The molecular formula is C11H14N2. The van der Waals surface area contributed by atoms with Crippen LogP contribution in [0.25, 0.3) is 0 Å². The SMILES string of the molecule is CC1(C)CC(C)(C#N)c2c[nH]cc21. The van der Waals surface area contributed by atoms with Gasteiger partial charge in [-0.2, -0.15) is 5.26 Å². The monoisotopic (exact) mass is 174 g/mol. The molecule has 1 atom stereocenters. The maximum Gasteiger partial charge on any atom is 0.0820 e. The Hall–Kier alpha value is -1.23. The predicted octanol–water partition coefficient (Wildman–Crippen LogP) is 2.48. The zero-order chi connectivity index (χ0) is 9.69. The molecule has 1 aromatic rings. The van der Waals surface area contributed by atoms with Gasteiger partial charge in [-0.1, -0.05) is 13.8 Å². The van der Waals surface area contributed by atoms with Crippen molar-refractivity contribution in [1.29, 1.82) is 5.26 Å². The van der Waals surface area contributed by atoms with Crippen molar-refractivity contribution in [1.82, 2.24) is 4.98 Å². The van der Waals surface area contributed by atoms with E-state index in [-0.39, 0.29) is 10.8 Å². The molecule has 0 aromatic carbocycles. The van der Waals surface area contributed by atoms with Crippen LogP contribution in [0.4, 0.5) is 0 Å². The first-order valence-electron chi connectivity index (χ1n) is 4.59.